The number of halogens is 1. The van der Waals surface area contributed by atoms with E-state index in [2.05, 4.69) is 10.4 Å². The summed E-state index contributed by atoms with van der Waals surface area (Å²) in [5, 5.41) is 34.3. The Hall–Kier alpha value is -2.94. The van der Waals surface area contributed by atoms with Crippen molar-refractivity contribution in [1.82, 2.24) is 15.1 Å². The van der Waals surface area contributed by atoms with Gasteiger partial charge < -0.3 is 20.6 Å². The molecule has 0 aliphatic rings. The molecule has 1 unspecified atom stereocenters. The van der Waals surface area contributed by atoms with Crippen LogP contribution in [0.4, 0.5) is 4.39 Å². The van der Waals surface area contributed by atoms with Crippen LogP contribution in [0.5, 0.6) is 5.75 Å². The average Bonchev–Trinajstić information content (AvgIpc) is 2.86. The summed E-state index contributed by atoms with van der Waals surface area (Å²) in [6.07, 6.45) is 1.17. The number of hydrogen-bond donors (Lipinski definition) is 4. The smallest absolute Gasteiger partial charge is 0.337 e. The maximum Gasteiger partial charge on any atom is 0.337 e. The Bertz CT molecular complexity index is 800. The Morgan fingerprint density at radius 3 is 2.67 bits per heavy atom. The van der Waals surface area contributed by atoms with Gasteiger partial charge in [-0.1, -0.05) is 0 Å². The van der Waals surface area contributed by atoms with E-state index in [1.807, 2.05) is 0 Å². The molecule has 2 rings (SSSR count). The molecule has 8 nitrogen and oxygen atoms in total. The normalized spacial score (nSPS) is 13.3. The molecule has 1 atom stereocenters. The van der Waals surface area contributed by atoms with Crippen LogP contribution in [0.15, 0.2) is 24.4 Å². The molecule has 1 heterocycles. The molecular weight excluding hydrogens is 321 g/mol. The number of aliphatic carboxylic acids is 1. The van der Waals surface area contributed by atoms with Gasteiger partial charge in [-0.2, -0.15) is 5.10 Å². The van der Waals surface area contributed by atoms with Crippen molar-refractivity contribution in [2.45, 2.75) is 19.4 Å². The largest absolute Gasteiger partial charge is 0.504 e. The molecule has 0 saturated heterocycles. The highest BCUT2D eigenvalue weighted by atomic mass is 19.1. The monoisotopic (exact) mass is 337 g/mol. The Kier molecular flexibility index (Phi) is 4.56. The average molecular weight is 337 g/mol. The van der Waals surface area contributed by atoms with Gasteiger partial charge in [0, 0.05) is 0 Å². The molecular formula is C15H16FN3O5. The van der Waals surface area contributed by atoms with Crippen LogP contribution in [0.2, 0.25) is 0 Å². The van der Waals surface area contributed by atoms with Crippen LogP contribution in [0.1, 0.15) is 23.0 Å². The van der Waals surface area contributed by atoms with Crippen molar-refractivity contribution >= 4 is 11.9 Å². The number of amides is 1. The molecule has 1 aromatic carbocycles. The third-order valence-electron chi connectivity index (χ3n) is 3.37. The molecule has 2 aromatic rings. The van der Waals surface area contributed by atoms with Crippen LogP contribution in [-0.4, -0.2) is 49.1 Å². The van der Waals surface area contributed by atoms with Crippen LogP contribution < -0.4 is 5.32 Å². The fourth-order valence-corrected chi connectivity index (χ4v) is 1.94. The van der Waals surface area contributed by atoms with Gasteiger partial charge in [0.25, 0.3) is 5.91 Å². The van der Waals surface area contributed by atoms with Crippen molar-refractivity contribution in [2.75, 3.05) is 6.54 Å². The standard InChI is InChI=1S/C15H16FN3O5/c1-8-5-9(16)3-4-10(8)19-6-11(20)12(18-19)13(21)17-7-15(2,24)14(22)23/h3-6,20,24H,7H2,1-2H3,(H,17,21)(H,22,23). The van der Waals surface area contributed by atoms with Gasteiger partial charge in [-0.25, -0.2) is 13.9 Å². The molecule has 9 heteroatoms. The zero-order valence-electron chi connectivity index (χ0n) is 12.9. The third kappa shape index (κ3) is 3.51. The Morgan fingerprint density at radius 2 is 2.08 bits per heavy atom. The molecule has 1 amide bonds. The minimum absolute atomic E-state index is 0.347. The lowest BCUT2D eigenvalue weighted by Crippen LogP contribution is -2.46. The van der Waals surface area contributed by atoms with Gasteiger partial charge in [0.2, 0.25) is 0 Å². The Morgan fingerprint density at radius 1 is 1.42 bits per heavy atom. The van der Waals surface area contributed by atoms with Gasteiger partial charge in [-0.05, 0) is 37.6 Å². The highest BCUT2D eigenvalue weighted by Crippen LogP contribution is 2.21. The first kappa shape index (κ1) is 17.4. The first-order chi connectivity index (χ1) is 11.1. The number of hydrogen-bond acceptors (Lipinski definition) is 5. The SMILES string of the molecule is Cc1cc(F)ccc1-n1cc(O)c(C(=O)NCC(C)(O)C(=O)O)n1. The Labute approximate surface area is 136 Å². The second-order valence-corrected chi connectivity index (χ2v) is 5.50. The molecule has 128 valence electrons. The highest BCUT2D eigenvalue weighted by molar-refractivity contribution is 5.95. The molecule has 24 heavy (non-hydrogen) atoms. The molecule has 0 aliphatic heterocycles. The summed E-state index contributed by atoms with van der Waals surface area (Å²) in [5.74, 6) is -3.22. The summed E-state index contributed by atoms with van der Waals surface area (Å²) in [4.78, 5) is 22.8. The summed E-state index contributed by atoms with van der Waals surface area (Å²) >= 11 is 0. The summed E-state index contributed by atoms with van der Waals surface area (Å²) in [6.45, 7) is 2.10. The van der Waals surface area contributed by atoms with Crippen LogP contribution >= 0.6 is 0 Å². The first-order valence-corrected chi connectivity index (χ1v) is 6.91. The van der Waals surface area contributed by atoms with E-state index in [4.69, 9.17) is 5.11 Å². The number of aryl methyl sites for hydroxylation is 1. The number of rotatable bonds is 5. The number of carboxylic acid groups (broad SMARTS) is 1. The number of aliphatic hydroxyl groups is 1. The van der Waals surface area contributed by atoms with Gasteiger partial charge in [-0.15, -0.1) is 0 Å². The molecule has 0 spiro atoms. The lowest BCUT2D eigenvalue weighted by molar-refractivity contribution is -0.155. The van der Waals surface area contributed by atoms with E-state index in [9.17, 15) is 24.2 Å². The van der Waals surface area contributed by atoms with Gasteiger partial charge in [0.15, 0.2) is 17.0 Å². The van der Waals surface area contributed by atoms with Crippen LogP contribution in [0, 0.1) is 12.7 Å². The number of carbonyl (C=O) groups excluding carboxylic acids is 1. The third-order valence-corrected chi connectivity index (χ3v) is 3.37. The van der Waals surface area contributed by atoms with Crippen molar-refractivity contribution in [3.05, 3.63) is 41.5 Å². The van der Waals surface area contributed by atoms with Crippen molar-refractivity contribution in [1.29, 1.82) is 0 Å². The van der Waals surface area contributed by atoms with Crippen molar-refractivity contribution in [2.24, 2.45) is 0 Å². The number of aromatic hydroxyl groups is 1. The summed E-state index contributed by atoms with van der Waals surface area (Å²) < 4.78 is 14.3. The number of carboxylic acids is 1. The van der Waals surface area contributed by atoms with Crippen LogP contribution in [0.3, 0.4) is 0 Å². The summed E-state index contributed by atoms with van der Waals surface area (Å²) in [7, 11) is 0. The molecule has 4 N–H and O–H groups in total. The van der Waals surface area contributed by atoms with Crippen molar-refractivity contribution in [3.63, 3.8) is 0 Å². The second-order valence-electron chi connectivity index (χ2n) is 5.50. The molecule has 0 aliphatic carbocycles. The maximum atomic E-state index is 13.1. The molecule has 0 radical (unpaired) electrons. The molecule has 0 saturated carbocycles. The number of benzene rings is 1. The fourth-order valence-electron chi connectivity index (χ4n) is 1.94. The Balaban J connectivity index is 2.22. The van der Waals surface area contributed by atoms with E-state index >= 15 is 0 Å². The first-order valence-electron chi connectivity index (χ1n) is 6.91. The number of nitrogens with one attached hydrogen (secondary N) is 1. The summed E-state index contributed by atoms with van der Waals surface area (Å²) in [6, 6.07) is 3.93. The molecule has 0 fully saturated rings. The van der Waals surface area contributed by atoms with E-state index in [0.29, 0.717) is 11.3 Å². The predicted molar refractivity (Wildman–Crippen MR) is 80.5 cm³/mol. The molecule has 0 bridgehead atoms. The van der Waals surface area contributed by atoms with E-state index < -0.39 is 35.6 Å². The lowest BCUT2D eigenvalue weighted by atomic mass is 10.1. The maximum absolute atomic E-state index is 13.1. The zero-order valence-corrected chi connectivity index (χ0v) is 12.9. The minimum Gasteiger partial charge on any atom is -0.504 e. The highest BCUT2D eigenvalue weighted by Gasteiger charge is 2.31. The van der Waals surface area contributed by atoms with E-state index in [-0.39, 0.29) is 5.69 Å². The van der Waals surface area contributed by atoms with Crippen LogP contribution in [0.25, 0.3) is 5.69 Å². The predicted octanol–water partition coefficient (Wildman–Crippen LogP) is 0.591. The van der Waals surface area contributed by atoms with Crippen LogP contribution in [-0.2, 0) is 4.79 Å². The van der Waals surface area contributed by atoms with Gasteiger partial charge in [-0.3, -0.25) is 4.79 Å². The van der Waals surface area contributed by atoms with E-state index in [0.717, 1.165) is 6.92 Å². The quantitative estimate of drug-likeness (QED) is 0.633. The van der Waals surface area contributed by atoms with Gasteiger partial charge in [0.05, 0.1) is 18.4 Å². The zero-order chi connectivity index (χ0) is 18.1. The van der Waals surface area contributed by atoms with Crippen molar-refractivity contribution in [3.8, 4) is 11.4 Å². The van der Waals surface area contributed by atoms with Crippen molar-refractivity contribution < 1.29 is 29.3 Å². The molecule has 1 aromatic heterocycles. The lowest BCUT2D eigenvalue weighted by Gasteiger charge is -2.17. The number of carbonyl (C=O) groups is 2. The minimum atomic E-state index is -2.15. The van der Waals surface area contributed by atoms with Gasteiger partial charge in [0.1, 0.15) is 5.82 Å². The van der Waals surface area contributed by atoms with E-state index in [1.165, 1.54) is 29.1 Å². The topological polar surface area (TPSA) is 125 Å². The van der Waals surface area contributed by atoms with Gasteiger partial charge >= 0.3 is 5.97 Å². The second kappa shape index (κ2) is 6.28. The fraction of sp³-hybridized carbons (Fsp3) is 0.267. The number of aromatic nitrogens is 2. The number of nitrogens with zero attached hydrogens (tertiary/aromatic N) is 2. The van der Waals surface area contributed by atoms with E-state index in [1.54, 1.807) is 6.92 Å². The summed E-state index contributed by atoms with van der Waals surface area (Å²) in [5.41, 5.74) is -1.50.